The fourth-order valence-corrected chi connectivity index (χ4v) is 4.41. The van der Waals surface area contributed by atoms with E-state index in [1.807, 2.05) is 0 Å². The van der Waals surface area contributed by atoms with E-state index in [1.165, 1.54) is 13.1 Å². The Morgan fingerprint density at radius 1 is 1.21 bits per heavy atom. The number of hydrogen-bond donors (Lipinski definition) is 3. The van der Waals surface area contributed by atoms with Gasteiger partial charge in [0.25, 0.3) is 6.43 Å². The van der Waals surface area contributed by atoms with Gasteiger partial charge in [-0.05, 0) is 24.1 Å². The molecule has 200 valence electrons. The van der Waals surface area contributed by atoms with E-state index < -0.39 is 40.3 Å². The summed E-state index contributed by atoms with van der Waals surface area (Å²) >= 11 is 0. The Hall–Kier alpha value is -4.14. The summed E-state index contributed by atoms with van der Waals surface area (Å²) in [5, 5.41) is 9.71. The van der Waals surface area contributed by atoms with Crippen LogP contribution in [0.15, 0.2) is 36.7 Å². The highest BCUT2D eigenvalue weighted by atomic mass is 32.2. The number of benzene rings is 1. The third-order valence-corrected chi connectivity index (χ3v) is 7.32. The minimum atomic E-state index is -3.70. The number of hydrogen-bond acceptors (Lipinski definition) is 7. The lowest BCUT2D eigenvalue weighted by Crippen LogP contribution is -2.25. The van der Waals surface area contributed by atoms with E-state index in [2.05, 4.69) is 30.7 Å². The molecule has 0 saturated heterocycles. The van der Waals surface area contributed by atoms with Gasteiger partial charge < -0.3 is 15.6 Å². The van der Waals surface area contributed by atoms with Crippen LogP contribution in [0.2, 0.25) is 0 Å². The van der Waals surface area contributed by atoms with Gasteiger partial charge >= 0.3 is 0 Å². The molecule has 1 saturated carbocycles. The Balaban J connectivity index is 1.60. The highest BCUT2D eigenvalue weighted by molar-refractivity contribution is 7.92. The van der Waals surface area contributed by atoms with E-state index in [9.17, 15) is 26.4 Å². The Labute approximate surface area is 215 Å². The molecule has 1 fully saturated rings. The number of carbonyl (C=O) groups excluding carboxylic acids is 1. The minimum absolute atomic E-state index is 0.0265. The van der Waals surface area contributed by atoms with Gasteiger partial charge in [0.15, 0.2) is 11.5 Å². The van der Waals surface area contributed by atoms with Gasteiger partial charge in [0.1, 0.15) is 17.5 Å². The number of carbonyl (C=O) groups is 1. The number of halogens is 3. The van der Waals surface area contributed by atoms with Gasteiger partial charge in [-0.25, -0.2) is 31.6 Å². The monoisotopic (exact) mass is 548 g/mol. The number of nitrogens with one attached hydrogen (secondary N) is 3. The summed E-state index contributed by atoms with van der Waals surface area (Å²) in [5.41, 5.74) is 2.20. The first-order valence-corrected chi connectivity index (χ1v) is 13.2. The van der Waals surface area contributed by atoms with E-state index in [4.69, 9.17) is 0 Å². The van der Waals surface area contributed by atoms with Crippen LogP contribution in [0.1, 0.15) is 18.7 Å². The second-order valence-corrected chi connectivity index (χ2v) is 11.0. The second-order valence-electron chi connectivity index (χ2n) is 9.01. The lowest BCUT2D eigenvalue weighted by Gasteiger charge is -2.22. The van der Waals surface area contributed by atoms with Crippen molar-refractivity contribution < 1.29 is 26.4 Å². The minimum Gasteiger partial charge on any atom is -0.352 e. The summed E-state index contributed by atoms with van der Waals surface area (Å²) in [6.07, 6.45) is 0.394. The summed E-state index contributed by atoms with van der Waals surface area (Å²) in [6.45, 7) is 0. The first-order chi connectivity index (χ1) is 17.9. The van der Waals surface area contributed by atoms with Crippen LogP contribution >= 0.6 is 0 Å². The van der Waals surface area contributed by atoms with Crippen molar-refractivity contribution >= 4 is 50.0 Å². The van der Waals surface area contributed by atoms with Crippen LogP contribution in [0, 0.1) is 5.92 Å². The number of aromatic nitrogens is 5. The molecule has 3 heterocycles. The fourth-order valence-electron chi connectivity index (χ4n) is 3.90. The van der Waals surface area contributed by atoms with Crippen LogP contribution in [0.25, 0.3) is 22.3 Å². The van der Waals surface area contributed by atoms with Crippen molar-refractivity contribution in [1.82, 2.24) is 24.7 Å². The third-order valence-electron chi connectivity index (χ3n) is 6.13. The molecule has 3 aromatic heterocycles. The molecule has 11 nitrogen and oxygen atoms in total. The van der Waals surface area contributed by atoms with Crippen molar-refractivity contribution in [1.29, 1.82) is 0 Å². The van der Waals surface area contributed by atoms with Crippen molar-refractivity contribution in [3.63, 3.8) is 0 Å². The molecule has 1 aliphatic carbocycles. The zero-order chi connectivity index (χ0) is 27.4. The molecule has 38 heavy (non-hydrogen) atoms. The van der Waals surface area contributed by atoms with Gasteiger partial charge in [-0.15, -0.1) is 0 Å². The first-order valence-electron chi connectivity index (χ1n) is 11.4. The molecule has 15 heteroatoms. The number of rotatable bonds is 8. The molecular formula is C23H23F3N8O3S. The van der Waals surface area contributed by atoms with Gasteiger partial charge in [-0.1, -0.05) is 6.07 Å². The number of sulfonamides is 1. The smallest absolute Gasteiger partial charge is 0.295 e. The number of nitrogens with zero attached hydrogens (tertiary/aromatic N) is 5. The van der Waals surface area contributed by atoms with Crippen molar-refractivity contribution in [3.05, 3.63) is 42.5 Å². The van der Waals surface area contributed by atoms with Crippen LogP contribution in [0.5, 0.6) is 0 Å². The van der Waals surface area contributed by atoms with E-state index in [0.29, 0.717) is 11.3 Å². The number of pyridine rings is 1. The predicted molar refractivity (Wildman–Crippen MR) is 136 cm³/mol. The van der Waals surface area contributed by atoms with Gasteiger partial charge in [-0.3, -0.25) is 13.8 Å². The highest BCUT2D eigenvalue weighted by Gasteiger charge is 2.43. The Morgan fingerprint density at radius 3 is 2.55 bits per heavy atom. The average molecular weight is 549 g/mol. The van der Waals surface area contributed by atoms with Gasteiger partial charge in [0.2, 0.25) is 15.9 Å². The lowest BCUT2D eigenvalue weighted by molar-refractivity contribution is -0.117. The zero-order valence-electron chi connectivity index (χ0n) is 20.4. The molecule has 0 bridgehead atoms. The summed E-state index contributed by atoms with van der Waals surface area (Å²) in [6, 6.07) is 6.40. The first kappa shape index (κ1) is 25.5. The van der Waals surface area contributed by atoms with Gasteiger partial charge in [0, 0.05) is 31.9 Å². The molecule has 0 spiro atoms. The van der Waals surface area contributed by atoms with Crippen molar-refractivity contribution in [2.75, 3.05) is 28.2 Å². The number of H-pyrrole nitrogens is 1. The van der Waals surface area contributed by atoms with Gasteiger partial charge in [0.05, 0.1) is 35.4 Å². The topological polar surface area (TPSA) is 138 Å². The number of amides is 1. The Kier molecular flexibility index (Phi) is 6.25. The Morgan fingerprint density at radius 2 is 1.95 bits per heavy atom. The number of imidazole rings is 1. The van der Waals surface area contributed by atoms with E-state index in [1.54, 1.807) is 42.3 Å². The molecular weight excluding hydrogens is 525 g/mol. The summed E-state index contributed by atoms with van der Waals surface area (Å²) < 4.78 is 67.7. The van der Waals surface area contributed by atoms with Crippen molar-refractivity contribution in [3.8, 4) is 11.1 Å². The lowest BCUT2D eigenvalue weighted by atomic mass is 10.1. The maximum absolute atomic E-state index is 13.4. The van der Waals surface area contributed by atoms with E-state index >= 15 is 0 Å². The molecule has 3 N–H and O–H groups in total. The van der Waals surface area contributed by atoms with Crippen molar-refractivity contribution in [2.24, 2.45) is 13.0 Å². The standard InChI is InChI=1S/C23H23F3N8O3S/c1-33-10-12(9-27-33)11-4-5-15(17(6-11)34(2)38(3,36)37)28-16-8-18(30-23(35)13-7-14(13)24)29-21-19(16)31-22(32-21)20(25)26/h4-6,8-10,13-14,20H,7H2,1-3H3,(H3,28,29,30,31,32,35). The SMILES string of the molecule is CN(c1cc(-c2cnn(C)c2)ccc1Nc1cc(NC(=O)C2CC2F)nc2nc(C(F)F)[nH]c12)S(C)(=O)=O. The summed E-state index contributed by atoms with van der Waals surface area (Å²) in [7, 11) is -0.565. The molecule has 0 radical (unpaired) electrons. The molecule has 4 aromatic rings. The molecule has 2 atom stereocenters. The van der Waals surface area contributed by atoms with E-state index in [0.717, 1.165) is 16.1 Å². The van der Waals surface area contributed by atoms with Crippen LogP contribution in [0.4, 0.5) is 36.1 Å². The largest absolute Gasteiger partial charge is 0.352 e. The third kappa shape index (κ3) is 5.01. The van der Waals surface area contributed by atoms with Crippen LogP contribution in [0.3, 0.4) is 0 Å². The molecule has 0 aliphatic heterocycles. The number of alkyl halides is 3. The number of aromatic amines is 1. The van der Waals surface area contributed by atoms with Crippen LogP contribution < -0.4 is 14.9 Å². The predicted octanol–water partition coefficient (Wildman–Crippen LogP) is 3.73. The van der Waals surface area contributed by atoms with Crippen LogP contribution in [-0.4, -0.2) is 58.5 Å². The highest BCUT2D eigenvalue weighted by Crippen LogP contribution is 2.38. The maximum atomic E-state index is 13.4. The maximum Gasteiger partial charge on any atom is 0.295 e. The van der Waals surface area contributed by atoms with Crippen molar-refractivity contribution in [2.45, 2.75) is 19.0 Å². The average Bonchev–Trinajstić information content (AvgIpc) is 3.21. The molecule has 5 rings (SSSR count). The second kappa shape index (κ2) is 9.31. The van der Waals surface area contributed by atoms with Crippen LogP contribution in [-0.2, 0) is 21.9 Å². The molecule has 2 unspecified atom stereocenters. The zero-order valence-corrected chi connectivity index (χ0v) is 21.2. The quantitative estimate of drug-likeness (QED) is 0.305. The molecule has 1 aliphatic rings. The normalized spacial score (nSPS) is 17.1. The van der Waals surface area contributed by atoms with Gasteiger partial charge in [-0.2, -0.15) is 5.10 Å². The summed E-state index contributed by atoms with van der Waals surface area (Å²) in [5.74, 6) is -2.04. The Bertz CT molecular complexity index is 1650. The van der Waals surface area contributed by atoms with E-state index in [-0.39, 0.29) is 34.8 Å². The summed E-state index contributed by atoms with van der Waals surface area (Å²) in [4.78, 5) is 22.8. The number of aryl methyl sites for hydroxylation is 1. The number of fused-ring (bicyclic) bond motifs is 1. The molecule has 1 amide bonds. The number of anilines is 4. The molecule has 1 aromatic carbocycles. The fraction of sp³-hybridized carbons (Fsp3) is 0.304.